The molecule has 0 spiro atoms. The predicted molar refractivity (Wildman–Crippen MR) is 91.5 cm³/mol. The lowest BCUT2D eigenvalue weighted by Crippen LogP contribution is -2.30. The van der Waals surface area contributed by atoms with E-state index in [1.807, 2.05) is 0 Å². The summed E-state index contributed by atoms with van der Waals surface area (Å²) in [5.41, 5.74) is 0.568. The number of ether oxygens (including phenoxy) is 4. The van der Waals surface area contributed by atoms with Gasteiger partial charge >= 0.3 is 5.97 Å². The quantitative estimate of drug-likeness (QED) is 0.501. The zero-order chi connectivity index (χ0) is 17.2. The SMILES string of the molecule is COCCNCC(=O)Nc1cc(C(=O)OC)cc(OC)c1OC.Cl. The third-order valence-corrected chi connectivity index (χ3v) is 2.94. The molecule has 0 saturated heterocycles. The monoisotopic (exact) mass is 362 g/mol. The predicted octanol–water partition coefficient (Wildman–Crippen LogP) is 1.09. The van der Waals surface area contributed by atoms with Gasteiger partial charge in [-0.05, 0) is 12.1 Å². The first-order valence-corrected chi connectivity index (χ1v) is 6.91. The normalized spacial score (nSPS) is 9.67. The lowest BCUT2D eigenvalue weighted by atomic mass is 10.1. The molecular formula is C15H23ClN2O6. The molecule has 1 aromatic rings. The minimum absolute atomic E-state index is 0. The van der Waals surface area contributed by atoms with Crippen LogP contribution in [0.5, 0.6) is 11.5 Å². The number of amides is 1. The smallest absolute Gasteiger partial charge is 0.338 e. The van der Waals surface area contributed by atoms with Gasteiger partial charge in [-0.15, -0.1) is 12.4 Å². The van der Waals surface area contributed by atoms with Gasteiger partial charge in [-0.2, -0.15) is 0 Å². The molecule has 0 aliphatic heterocycles. The van der Waals surface area contributed by atoms with Crippen LogP contribution in [0.2, 0.25) is 0 Å². The zero-order valence-electron chi connectivity index (χ0n) is 14.1. The highest BCUT2D eigenvalue weighted by atomic mass is 35.5. The maximum absolute atomic E-state index is 12.0. The van der Waals surface area contributed by atoms with Crippen LogP contribution in [0.25, 0.3) is 0 Å². The Kier molecular flexibility index (Phi) is 10.5. The van der Waals surface area contributed by atoms with Crippen LogP contribution < -0.4 is 20.1 Å². The largest absolute Gasteiger partial charge is 0.493 e. The fraction of sp³-hybridized carbons (Fsp3) is 0.467. The van der Waals surface area contributed by atoms with E-state index in [1.54, 1.807) is 7.11 Å². The number of halogens is 1. The van der Waals surface area contributed by atoms with Gasteiger partial charge in [0.1, 0.15) is 0 Å². The van der Waals surface area contributed by atoms with Gasteiger partial charge in [0.25, 0.3) is 0 Å². The summed E-state index contributed by atoms with van der Waals surface area (Å²) in [7, 11) is 5.74. The molecule has 0 atom stereocenters. The summed E-state index contributed by atoms with van der Waals surface area (Å²) < 4.78 is 20.0. The van der Waals surface area contributed by atoms with Crippen LogP contribution >= 0.6 is 12.4 Å². The van der Waals surface area contributed by atoms with Gasteiger partial charge in [0.15, 0.2) is 11.5 Å². The Bertz CT molecular complexity index is 553. The summed E-state index contributed by atoms with van der Waals surface area (Å²) in [6, 6.07) is 2.96. The minimum Gasteiger partial charge on any atom is -0.493 e. The van der Waals surface area contributed by atoms with Crippen molar-refractivity contribution in [3.8, 4) is 11.5 Å². The Morgan fingerprint density at radius 3 is 2.33 bits per heavy atom. The zero-order valence-corrected chi connectivity index (χ0v) is 15.0. The van der Waals surface area contributed by atoms with E-state index in [2.05, 4.69) is 15.4 Å². The van der Waals surface area contributed by atoms with Crippen LogP contribution in [-0.2, 0) is 14.3 Å². The molecule has 0 aliphatic rings. The number of benzene rings is 1. The Morgan fingerprint density at radius 2 is 1.79 bits per heavy atom. The molecule has 2 N–H and O–H groups in total. The average Bonchev–Trinajstić information content (AvgIpc) is 2.57. The number of rotatable bonds is 9. The van der Waals surface area contributed by atoms with E-state index in [0.717, 1.165) is 0 Å². The number of nitrogens with one attached hydrogen (secondary N) is 2. The number of esters is 1. The van der Waals surface area contributed by atoms with Crippen LogP contribution in [0, 0.1) is 0 Å². The van der Waals surface area contributed by atoms with E-state index in [4.69, 9.17) is 14.2 Å². The first kappa shape index (κ1) is 22.0. The van der Waals surface area contributed by atoms with Crippen molar-refractivity contribution in [2.24, 2.45) is 0 Å². The molecule has 1 aromatic carbocycles. The fourth-order valence-corrected chi connectivity index (χ4v) is 1.86. The summed E-state index contributed by atoms with van der Waals surface area (Å²) in [4.78, 5) is 23.7. The van der Waals surface area contributed by atoms with Crippen LogP contribution in [0.15, 0.2) is 12.1 Å². The molecule has 0 saturated carbocycles. The summed E-state index contributed by atoms with van der Waals surface area (Å²) in [6.07, 6.45) is 0. The molecule has 0 unspecified atom stereocenters. The Balaban J connectivity index is 0.00000529. The highest BCUT2D eigenvalue weighted by molar-refractivity contribution is 5.98. The number of hydrogen-bond acceptors (Lipinski definition) is 7. The fourth-order valence-electron chi connectivity index (χ4n) is 1.86. The Hall–Kier alpha value is -2.03. The summed E-state index contributed by atoms with van der Waals surface area (Å²) in [5, 5.41) is 5.60. The summed E-state index contributed by atoms with van der Waals surface area (Å²) in [5.74, 6) is -0.188. The van der Waals surface area contributed by atoms with Crippen molar-refractivity contribution < 1.29 is 28.5 Å². The molecular weight excluding hydrogens is 340 g/mol. The van der Waals surface area contributed by atoms with Crippen LogP contribution in [0.1, 0.15) is 10.4 Å². The van der Waals surface area contributed by atoms with Gasteiger partial charge in [0, 0.05) is 13.7 Å². The molecule has 9 heteroatoms. The van der Waals surface area contributed by atoms with Crippen molar-refractivity contribution in [3.05, 3.63) is 17.7 Å². The first-order valence-electron chi connectivity index (χ1n) is 6.91. The first-order chi connectivity index (χ1) is 11.1. The molecule has 0 heterocycles. The molecule has 0 radical (unpaired) electrons. The van der Waals surface area contributed by atoms with Gasteiger partial charge in [-0.25, -0.2) is 4.79 Å². The second-order valence-electron chi connectivity index (χ2n) is 4.47. The molecule has 0 aliphatic carbocycles. The van der Waals surface area contributed by atoms with E-state index in [9.17, 15) is 9.59 Å². The van der Waals surface area contributed by atoms with Gasteiger partial charge in [-0.1, -0.05) is 0 Å². The maximum atomic E-state index is 12.0. The Labute approximate surface area is 147 Å². The number of anilines is 1. The van der Waals surface area contributed by atoms with Crippen molar-refractivity contribution in [1.82, 2.24) is 5.32 Å². The highest BCUT2D eigenvalue weighted by Gasteiger charge is 2.18. The van der Waals surface area contributed by atoms with E-state index in [-0.39, 0.29) is 30.4 Å². The van der Waals surface area contributed by atoms with Gasteiger partial charge in [-0.3, -0.25) is 4.79 Å². The summed E-state index contributed by atoms with van der Waals surface area (Å²) >= 11 is 0. The number of hydrogen-bond donors (Lipinski definition) is 2. The van der Waals surface area contributed by atoms with Crippen molar-refractivity contribution in [2.75, 3.05) is 53.5 Å². The van der Waals surface area contributed by atoms with E-state index < -0.39 is 5.97 Å². The van der Waals surface area contributed by atoms with Crippen LogP contribution in [-0.4, -0.2) is 60.0 Å². The molecule has 1 amide bonds. The molecule has 8 nitrogen and oxygen atoms in total. The summed E-state index contributed by atoms with van der Waals surface area (Å²) in [6.45, 7) is 1.14. The van der Waals surface area contributed by atoms with Crippen molar-refractivity contribution in [1.29, 1.82) is 0 Å². The van der Waals surface area contributed by atoms with E-state index >= 15 is 0 Å². The van der Waals surface area contributed by atoms with E-state index in [0.29, 0.717) is 30.3 Å². The van der Waals surface area contributed by atoms with Crippen molar-refractivity contribution in [3.63, 3.8) is 0 Å². The third-order valence-electron chi connectivity index (χ3n) is 2.94. The van der Waals surface area contributed by atoms with Gasteiger partial charge in [0.2, 0.25) is 5.91 Å². The van der Waals surface area contributed by atoms with Gasteiger partial charge < -0.3 is 29.6 Å². The van der Waals surface area contributed by atoms with Crippen molar-refractivity contribution >= 4 is 30.0 Å². The molecule has 136 valence electrons. The topological polar surface area (TPSA) is 95.1 Å². The van der Waals surface area contributed by atoms with Crippen LogP contribution in [0.4, 0.5) is 5.69 Å². The standard InChI is InChI=1S/C15H22N2O6.ClH/c1-20-6-5-16-9-13(18)17-11-7-10(15(19)23-4)8-12(21-2)14(11)22-3;/h7-8,16H,5-6,9H2,1-4H3,(H,17,18);1H. The lowest BCUT2D eigenvalue weighted by Gasteiger charge is -2.15. The highest BCUT2D eigenvalue weighted by Crippen LogP contribution is 2.36. The molecule has 0 aromatic heterocycles. The van der Waals surface area contributed by atoms with Crippen molar-refractivity contribution in [2.45, 2.75) is 0 Å². The van der Waals surface area contributed by atoms with Crippen LogP contribution in [0.3, 0.4) is 0 Å². The molecule has 0 bridgehead atoms. The second kappa shape index (κ2) is 11.5. The Morgan fingerprint density at radius 1 is 1.08 bits per heavy atom. The van der Waals surface area contributed by atoms with E-state index in [1.165, 1.54) is 33.5 Å². The minimum atomic E-state index is -0.542. The third kappa shape index (κ3) is 6.23. The molecule has 24 heavy (non-hydrogen) atoms. The second-order valence-corrected chi connectivity index (χ2v) is 4.47. The number of methoxy groups -OCH3 is 4. The van der Waals surface area contributed by atoms with Gasteiger partial charge in [0.05, 0.1) is 45.7 Å². The number of carbonyl (C=O) groups is 2. The molecule has 0 fully saturated rings. The maximum Gasteiger partial charge on any atom is 0.338 e. The average molecular weight is 363 g/mol. The molecule has 1 rings (SSSR count). The number of carbonyl (C=O) groups excluding carboxylic acids is 2. The lowest BCUT2D eigenvalue weighted by molar-refractivity contribution is -0.115.